The maximum Gasteiger partial charge on any atom is 0.142 e. The maximum absolute atomic E-state index is 9.77. The number of aldehydes is 1. The predicted octanol–water partition coefficient (Wildman–Crippen LogP) is -0.103. The number of ether oxygens (including phenoxy) is 1. The van der Waals surface area contributed by atoms with Crippen molar-refractivity contribution in [3.05, 3.63) is 18.2 Å². The number of carbonyl (C=O) groups excluding carboxylic acids is 2. The van der Waals surface area contributed by atoms with Crippen molar-refractivity contribution in [2.45, 2.75) is 12.2 Å². The van der Waals surface area contributed by atoms with Gasteiger partial charge in [0.05, 0.1) is 0 Å². The second-order valence-corrected chi connectivity index (χ2v) is 1.87. The summed E-state index contributed by atoms with van der Waals surface area (Å²) >= 11 is 0. The highest BCUT2D eigenvalue weighted by Crippen LogP contribution is 2.23. The standard InChI is InChI=1S/C7H6O3/c8-4-1-2-6-7(10-6)3-5-9/h1-4,6-7H. The van der Waals surface area contributed by atoms with Crippen molar-refractivity contribution in [3.8, 4) is 0 Å². The lowest BCUT2D eigenvalue weighted by atomic mass is 10.3. The van der Waals surface area contributed by atoms with Crippen molar-refractivity contribution in [1.82, 2.24) is 0 Å². The minimum absolute atomic E-state index is 0.0911. The van der Waals surface area contributed by atoms with Gasteiger partial charge >= 0.3 is 0 Å². The van der Waals surface area contributed by atoms with Crippen LogP contribution in [0.25, 0.3) is 0 Å². The highest BCUT2D eigenvalue weighted by Gasteiger charge is 2.34. The summed E-state index contributed by atoms with van der Waals surface area (Å²) in [4.78, 5) is 19.5. The molecule has 2 unspecified atom stereocenters. The smallest absolute Gasteiger partial charge is 0.142 e. The first-order valence-electron chi connectivity index (χ1n) is 2.87. The number of epoxide rings is 1. The van der Waals surface area contributed by atoms with Crippen LogP contribution in [0.15, 0.2) is 18.2 Å². The molecule has 0 radical (unpaired) electrons. The molecule has 1 aliphatic rings. The fraction of sp³-hybridized carbons (Fsp3) is 0.286. The molecular formula is C7H6O3. The van der Waals surface area contributed by atoms with Crippen LogP contribution in [0, 0.1) is 0 Å². The molecule has 0 N–H and O–H groups in total. The van der Waals surface area contributed by atoms with E-state index in [-0.39, 0.29) is 12.2 Å². The Morgan fingerprint density at radius 2 is 2.20 bits per heavy atom. The summed E-state index contributed by atoms with van der Waals surface area (Å²) in [5, 5.41) is 0. The zero-order valence-electron chi connectivity index (χ0n) is 5.19. The molecule has 1 aliphatic heterocycles. The largest absolute Gasteiger partial charge is 0.360 e. The monoisotopic (exact) mass is 138 g/mol. The van der Waals surface area contributed by atoms with E-state index in [1.54, 1.807) is 12.0 Å². The van der Waals surface area contributed by atoms with E-state index in [4.69, 9.17) is 4.74 Å². The lowest BCUT2D eigenvalue weighted by molar-refractivity contribution is -0.104. The molecule has 3 heteroatoms. The van der Waals surface area contributed by atoms with Gasteiger partial charge in [0.1, 0.15) is 24.4 Å². The van der Waals surface area contributed by atoms with Gasteiger partial charge in [0.2, 0.25) is 0 Å². The average molecular weight is 138 g/mol. The van der Waals surface area contributed by atoms with Crippen molar-refractivity contribution in [1.29, 1.82) is 0 Å². The van der Waals surface area contributed by atoms with E-state index < -0.39 is 0 Å². The molecular weight excluding hydrogens is 132 g/mol. The van der Waals surface area contributed by atoms with E-state index in [1.807, 2.05) is 0 Å². The van der Waals surface area contributed by atoms with Gasteiger partial charge in [-0.2, -0.15) is 0 Å². The molecule has 52 valence electrons. The highest BCUT2D eigenvalue weighted by atomic mass is 16.6. The third-order valence-corrected chi connectivity index (χ3v) is 1.17. The molecule has 0 bridgehead atoms. The summed E-state index contributed by atoms with van der Waals surface area (Å²) in [6.07, 6.45) is 4.66. The minimum atomic E-state index is -0.159. The van der Waals surface area contributed by atoms with Crippen LogP contribution in [0.3, 0.4) is 0 Å². The Balaban J connectivity index is 2.31. The van der Waals surface area contributed by atoms with Crippen LogP contribution in [0.1, 0.15) is 0 Å². The molecule has 0 saturated carbocycles. The van der Waals surface area contributed by atoms with Gasteiger partial charge in [-0.25, -0.2) is 4.79 Å². The Hall–Kier alpha value is -1.18. The Morgan fingerprint density at radius 1 is 1.40 bits per heavy atom. The molecule has 0 amide bonds. The molecule has 0 aliphatic carbocycles. The van der Waals surface area contributed by atoms with E-state index in [1.165, 1.54) is 12.2 Å². The van der Waals surface area contributed by atoms with E-state index in [0.717, 1.165) is 0 Å². The van der Waals surface area contributed by atoms with Crippen molar-refractivity contribution in [3.63, 3.8) is 0 Å². The van der Waals surface area contributed by atoms with Gasteiger partial charge < -0.3 is 4.74 Å². The Bertz CT molecular complexity index is 201. The van der Waals surface area contributed by atoms with Gasteiger partial charge in [0.25, 0.3) is 0 Å². The Morgan fingerprint density at radius 3 is 2.80 bits per heavy atom. The molecule has 1 heterocycles. The zero-order valence-corrected chi connectivity index (χ0v) is 5.19. The van der Waals surface area contributed by atoms with Crippen molar-refractivity contribution in [2.24, 2.45) is 0 Å². The first-order chi connectivity index (χ1) is 4.88. The fourth-order valence-electron chi connectivity index (χ4n) is 0.647. The van der Waals surface area contributed by atoms with E-state index >= 15 is 0 Å². The average Bonchev–Trinajstić information content (AvgIpc) is 2.65. The fourth-order valence-corrected chi connectivity index (χ4v) is 0.647. The normalized spacial score (nSPS) is 29.6. The molecule has 0 spiro atoms. The molecule has 10 heavy (non-hydrogen) atoms. The summed E-state index contributed by atoms with van der Waals surface area (Å²) in [6, 6.07) is 0. The van der Waals surface area contributed by atoms with Crippen LogP contribution in [0.2, 0.25) is 0 Å². The van der Waals surface area contributed by atoms with Crippen molar-refractivity contribution < 1.29 is 14.3 Å². The Labute approximate surface area is 58.0 Å². The van der Waals surface area contributed by atoms with Crippen LogP contribution in [-0.4, -0.2) is 24.4 Å². The third-order valence-electron chi connectivity index (χ3n) is 1.17. The first-order valence-corrected chi connectivity index (χ1v) is 2.87. The summed E-state index contributed by atoms with van der Waals surface area (Å²) < 4.78 is 4.90. The highest BCUT2D eigenvalue weighted by molar-refractivity contribution is 5.65. The summed E-state index contributed by atoms with van der Waals surface area (Å²) in [6.45, 7) is 0. The molecule has 0 aromatic rings. The quantitative estimate of drug-likeness (QED) is 0.237. The second kappa shape index (κ2) is 3.11. The molecule has 1 fully saturated rings. The molecule has 0 aromatic carbocycles. The molecule has 3 nitrogen and oxygen atoms in total. The van der Waals surface area contributed by atoms with Crippen molar-refractivity contribution >= 4 is 12.2 Å². The number of rotatable bonds is 3. The van der Waals surface area contributed by atoms with Gasteiger partial charge in [0, 0.05) is 6.08 Å². The van der Waals surface area contributed by atoms with E-state index in [0.29, 0.717) is 6.29 Å². The van der Waals surface area contributed by atoms with Gasteiger partial charge in [-0.05, 0) is 12.2 Å². The second-order valence-electron chi connectivity index (χ2n) is 1.87. The van der Waals surface area contributed by atoms with Crippen molar-refractivity contribution in [2.75, 3.05) is 0 Å². The summed E-state index contributed by atoms with van der Waals surface area (Å²) in [5.74, 6) is 1.61. The maximum atomic E-state index is 9.77. The minimum Gasteiger partial charge on any atom is -0.360 e. The van der Waals surface area contributed by atoms with Crippen LogP contribution >= 0.6 is 0 Å². The number of carbonyl (C=O) groups is 1. The lowest BCUT2D eigenvalue weighted by Gasteiger charge is -1.70. The summed E-state index contributed by atoms with van der Waals surface area (Å²) in [7, 11) is 0. The van der Waals surface area contributed by atoms with Gasteiger partial charge in [-0.1, -0.05) is 0 Å². The van der Waals surface area contributed by atoms with Crippen LogP contribution in [0.5, 0.6) is 0 Å². The topological polar surface area (TPSA) is 46.7 Å². The third kappa shape index (κ3) is 1.65. The van der Waals surface area contributed by atoms with Crippen LogP contribution in [-0.2, 0) is 14.3 Å². The van der Waals surface area contributed by atoms with Gasteiger partial charge in [-0.15, -0.1) is 0 Å². The van der Waals surface area contributed by atoms with Crippen LogP contribution < -0.4 is 0 Å². The molecule has 1 rings (SSSR count). The van der Waals surface area contributed by atoms with Gasteiger partial charge in [-0.3, -0.25) is 4.79 Å². The zero-order chi connectivity index (χ0) is 7.40. The van der Waals surface area contributed by atoms with Gasteiger partial charge in [0.15, 0.2) is 0 Å². The van der Waals surface area contributed by atoms with Crippen LogP contribution in [0.4, 0.5) is 0 Å². The number of allylic oxidation sites excluding steroid dienone is 1. The first kappa shape index (κ1) is 6.93. The summed E-state index contributed by atoms with van der Waals surface area (Å²) in [5.41, 5.74) is 0. The molecule has 1 saturated heterocycles. The van der Waals surface area contributed by atoms with E-state index in [9.17, 15) is 9.59 Å². The predicted molar refractivity (Wildman–Crippen MR) is 34.1 cm³/mol. The lowest BCUT2D eigenvalue weighted by Crippen LogP contribution is -1.84. The van der Waals surface area contributed by atoms with E-state index in [2.05, 4.69) is 0 Å². The Kier molecular flexibility index (Phi) is 2.15. The number of hydrogen-bond donors (Lipinski definition) is 0. The SMILES string of the molecule is O=C=CC1OC1C=CC=O. The molecule has 0 aromatic heterocycles. The number of hydrogen-bond acceptors (Lipinski definition) is 3. The molecule has 2 atom stereocenters.